The monoisotopic (exact) mass is 382 g/mol. The average Bonchev–Trinajstić information content (AvgIpc) is 2.72. The molecule has 2 aromatic carbocycles. The highest BCUT2D eigenvalue weighted by Gasteiger charge is 2.11. The Morgan fingerprint density at radius 3 is 2.67 bits per heavy atom. The minimum Gasteiger partial charge on any atom is -0.379 e. The van der Waals surface area contributed by atoms with Gasteiger partial charge in [0.25, 0.3) is 0 Å². The van der Waals surface area contributed by atoms with E-state index in [-0.39, 0.29) is 0 Å². The van der Waals surface area contributed by atoms with Crippen molar-refractivity contribution in [1.82, 2.24) is 14.9 Å². The Hall–Kier alpha value is -2.21. The first-order valence-corrected chi connectivity index (χ1v) is 9.74. The molecule has 0 spiro atoms. The van der Waals surface area contributed by atoms with Gasteiger partial charge in [-0.2, -0.15) is 0 Å². The summed E-state index contributed by atoms with van der Waals surface area (Å²) in [7, 11) is 0. The smallest absolute Gasteiger partial charge is 0.162 e. The van der Waals surface area contributed by atoms with E-state index in [1.165, 1.54) is 0 Å². The van der Waals surface area contributed by atoms with E-state index in [0.717, 1.165) is 68.1 Å². The van der Waals surface area contributed by atoms with E-state index in [1.54, 1.807) is 0 Å². The summed E-state index contributed by atoms with van der Waals surface area (Å²) in [6.07, 6.45) is 1.06. The summed E-state index contributed by atoms with van der Waals surface area (Å²) >= 11 is 6.19. The molecule has 4 rings (SSSR count). The van der Waals surface area contributed by atoms with Gasteiger partial charge in [0.2, 0.25) is 0 Å². The second-order valence-corrected chi connectivity index (χ2v) is 7.09. The molecule has 140 valence electrons. The van der Waals surface area contributed by atoms with Gasteiger partial charge in [0.15, 0.2) is 5.82 Å². The molecule has 5 nitrogen and oxygen atoms in total. The van der Waals surface area contributed by atoms with Crippen LogP contribution in [0.1, 0.15) is 6.42 Å². The van der Waals surface area contributed by atoms with E-state index in [0.29, 0.717) is 10.8 Å². The molecule has 0 unspecified atom stereocenters. The fraction of sp³-hybridized carbons (Fsp3) is 0.333. The molecule has 0 bridgehead atoms. The molecule has 6 heteroatoms. The molecule has 1 N–H and O–H groups in total. The largest absolute Gasteiger partial charge is 0.379 e. The third-order valence-electron chi connectivity index (χ3n) is 4.74. The van der Waals surface area contributed by atoms with Gasteiger partial charge in [0.1, 0.15) is 5.82 Å². The molecule has 0 aliphatic carbocycles. The number of fused-ring (bicyclic) bond motifs is 1. The predicted molar refractivity (Wildman–Crippen MR) is 110 cm³/mol. The maximum Gasteiger partial charge on any atom is 0.162 e. The van der Waals surface area contributed by atoms with E-state index >= 15 is 0 Å². The summed E-state index contributed by atoms with van der Waals surface area (Å²) in [5.74, 6) is 1.57. The number of nitrogens with one attached hydrogen (secondary N) is 1. The molecule has 0 radical (unpaired) electrons. The van der Waals surface area contributed by atoms with E-state index < -0.39 is 0 Å². The number of anilines is 1. The van der Waals surface area contributed by atoms with Crippen LogP contribution in [0.3, 0.4) is 0 Å². The fourth-order valence-electron chi connectivity index (χ4n) is 3.29. The molecule has 1 aromatic heterocycles. The van der Waals surface area contributed by atoms with Crippen LogP contribution in [0.4, 0.5) is 5.82 Å². The normalized spacial score (nSPS) is 15.1. The van der Waals surface area contributed by atoms with Gasteiger partial charge in [0, 0.05) is 35.6 Å². The van der Waals surface area contributed by atoms with Crippen molar-refractivity contribution < 1.29 is 4.74 Å². The van der Waals surface area contributed by atoms with Crippen molar-refractivity contribution in [3.8, 4) is 11.4 Å². The molecule has 3 aromatic rings. The van der Waals surface area contributed by atoms with Crippen LogP contribution in [0.15, 0.2) is 48.5 Å². The first kappa shape index (κ1) is 18.2. The standard InChI is InChI=1S/C21H23ClN4O/c22-17-7-8-18-19(15-17)24-20(16-5-2-1-3-6-16)25-21(18)23-9-4-10-26-11-13-27-14-12-26/h1-3,5-8,15H,4,9-14H2,(H,23,24,25). The number of rotatable bonds is 6. The van der Waals surface area contributed by atoms with Crippen molar-refractivity contribution in [2.24, 2.45) is 0 Å². The van der Waals surface area contributed by atoms with Crippen molar-refractivity contribution in [1.29, 1.82) is 0 Å². The highest BCUT2D eigenvalue weighted by Crippen LogP contribution is 2.27. The number of halogens is 1. The predicted octanol–water partition coefficient (Wildman–Crippen LogP) is 4.08. The minimum atomic E-state index is 0.679. The van der Waals surface area contributed by atoms with Gasteiger partial charge in [-0.25, -0.2) is 9.97 Å². The lowest BCUT2D eigenvalue weighted by Gasteiger charge is -2.26. The van der Waals surface area contributed by atoms with Gasteiger partial charge in [-0.05, 0) is 31.2 Å². The van der Waals surface area contributed by atoms with Gasteiger partial charge in [-0.15, -0.1) is 0 Å². The average molecular weight is 383 g/mol. The lowest BCUT2D eigenvalue weighted by Crippen LogP contribution is -2.37. The molecule has 0 amide bonds. The summed E-state index contributed by atoms with van der Waals surface area (Å²) in [4.78, 5) is 11.9. The summed E-state index contributed by atoms with van der Waals surface area (Å²) < 4.78 is 5.40. The molecule has 1 fully saturated rings. The Morgan fingerprint density at radius 1 is 1.04 bits per heavy atom. The second-order valence-electron chi connectivity index (χ2n) is 6.66. The van der Waals surface area contributed by atoms with Crippen molar-refractivity contribution >= 4 is 28.3 Å². The number of nitrogens with zero attached hydrogens (tertiary/aromatic N) is 3. The number of hydrogen-bond acceptors (Lipinski definition) is 5. The Kier molecular flexibility index (Phi) is 5.82. The lowest BCUT2D eigenvalue weighted by molar-refractivity contribution is 0.0378. The number of aromatic nitrogens is 2. The Balaban J connectivity index is 1.53. The highest BCUT2D eigenvalue weighted by molar-refractivity contribution is 6.31. The molecular weight excluding hydrogens is 360 g/mol. The van der Waals surface area contributed by atoms with Gasteiger partial charge >= 0.3 is 0 Å². The number of morpholine rings is 1. The molecule has 2 heterocycles. The topological polar surface area (TPSA) is 50.3 Å². The zero-order chi connectivity index (χ0) is 18.5. The molecular formula is C21H23ClN4O. The molecule has 1 aliphatic rings. The number of benzene rings is 2. The molecule has 1 saturated heterocycles. The van der Waals surface area contributed by atoms with Crippen LogP contribution < -0.4 is 5.32 Å². The highest BCUT2D eigenvalue weighted by atomic mass is 35.5. The van der Waals surface area contributed by atoms with Crippen LogP contribution in [0.2, 0.25) is 5.02 Å². The number of hydrogen-bond donors (Lipinski definition) is 1. The maximum absolute atomic E-state index is 6.19. The third-order valence-corrected chi connectivity index (χ3v) is 4.97. The Bertz CT molecular complexity index is 897. The lowest BCUT2D eigenvalue weighted by atomic mass is 10.2. The van der Waals surface area contributed by atoms with Crippen LogP contribution in [0.25, 0.3) is 22.3 Å². The van der Waals surface area contributed by atoms with Crippen molar-refractivity contribution in [3.05, 3.63) is 53.6 Å². The summed E-state index contributed by atoms with van der Waals surface area (Å²) in [6, 6.07) is 15.8. The molecule has 0 atom stereocenters. The van der Waals surface area contributed by atoms with Crippen molar-refractivity contribution in [2.75, 3.05) is 44.7 Å². The second kappa shape index (κ2) is 8.65. The molecule has 1 aliphatic heterocycles. The van der Waals surface area contributed by atoms with Crippen LogP contribution >= 0.6 is 11.6 Å². The Morgan fingerprint density at radius 2 is 1.85 bits per heavy atom. The van der Waals surface area contributed by atoms with E-state index in [9.17, 15) is 0 Å². The van der Waals surface area contributed by atoms with Gasteiger partial charge in [-0.3, -0.25) is 4.90 Å². The number of ether oxygens (including phenoxy) is 1. The SMILES string of the molecule is Clc1ccc2c(NCCCN3CCOCC3)nc(-c3ccccc3)nc2c1. The minimum absolute atomic E-state index is 0.679. The molecule has 0 saturated carbocycles. The summed E-state index contributed by atoms with van der Waals surface area (Å²) in [5.41, 5.74) is 1.85. The van der Waals surface area contributed by atoms with E-state index in [4.69, 9.17) is 26.3 Å². The zero-order valence-electron chi connectivity index (χ0n) is 15.2. The quantitative estimate of drug-likeness (QED) is 0.651. The van der Waals surface area contributed by atoms with Gasteiger partial charge in [0.05, 0.1) is 18.7 Å². The molecule has 27 heavy (non-hydrogen) atoms. The summed E-state index contributed by atoms with van der Waals surface area (Å²) in [6.45, 7) is 5.65. The maximum atomic E-state index is 6.19. The third kappa shape index (κ3) is 4.56. The first-order valence-electron chi connectivity index (χ1n) is 9.36. The van der Waals surface area contributed by atoms with Crippen LogP contribution in [-0.4, -0.2) is 54.3 Å². The van der Waals surface area contributed by atoms with E-state index in [1.807, 2.05) is 48.5 Å². The van der Waals surface area contributed by atoms with Gasteiger partial charge < -0.3 is 10.1 Å². The zero-order valence-corrected chi connectivity index (χ0v) is 16.0. The summed E-state index contributed by atoms with van der Waals surface area (Å²) in [5, 5.41) is 5.18. The van der Waals surface area contributed by atoms with Crippen LogP contribution in [0, 0.1) is 0 Å². The van der Waals surface area contributed by atoms with Gasteiger partial charge in [-0.1, -0.05) is 41.9 Å². The van der Waals surface area contributed by atoms with Crippen LogP contribution in [-0.2, 0) is 4.74 Å². The fourth-order valence-corrected chi connectivity index (χ4v) is 3.45. The van der Waals surface area contributed by atoms with E-state index in [2.05, 4.69) is 10.2 Å². The first-order chi connectivity index (χ1) is 13.3. The van der Waals surface area contributed by atoms with Crippen molar-refractivity contribution in [2.45, 2.75) is 6.42 Å². The van der Waals surface area contributed by atoms with Crippen LogP contribution in [0.5, 0.6) is 0 Å². The van der Waals surface area contributed by atoms with Crippen molar-refractivity contribution in [3.63, 3.8) is 0 Å². The Labute approximate surface area is 164 Å².